The normalized spacial score (nSPS) is 9.00. The van der Waals surface area contributed by atoms with Gasteiger partial charge in [0.1, 0.15) is 0 Å². The molecule has 0 spiro atoms. The fraction of sp³-hybridized carbons (Fsp3) is 0.238. The van der Waals surface area contributed by atoms with Crippen molar-refractivity contribution in [3.8, 4) is 0 Å². The Morgan fingerprint density at radius 1 is 1.04 bits per heavy atom. The molecule has 0 atom stereocenters. The molecule has 0 heterocycles. The zero-order valence-electron chi connectivity index (χ0n) is 16.4. The van der Waals surface area contributed by atoms with Crippen LogP contribution >= 0.6 is 18.6 Å². The van der Waals surface area contributed by atoms with Crippen LogP contribution in [0.2, 0.25) is 13.1 Å². The molecule has 0 fully saturated rings. The first-order chi connectivity index (χ1) is 12.8. The van der Waals surface area contributed by atoms with Crippen molar-refractivity contribution in [2.45, 2.75) is 33.9 Å². The zero-order valence-corrected chi connectivity index (χ0v) is 20.4. The van der Waals surface area contributed by atoms with E-state index in [9.17, 15) is 4.79 Å². The van der Waals surface area contributed by atoms with Gasteiger partial charge in [-0.15, -0.1) is 29.7 Å². The Balaban J connectivity index is 0.000000396. The van der Waals surface area contributed by atoms with Gasteiger partial charge in [0, 0.05) is 15.1 Å². The summed E-state index contributed by atoms with van der Waals surface area (Å²) in [5.41, 5.74) is 10.5. The van der Waals surface area contributed by atoms with Gasteiger partial charge in [-0.05, 0) is 31.9 Å². The van der Waals surface area contributed by atoms with Gasteiger partial charge in [-0.25, -0.2) is 0 Å². The second-order valence-corrected chi connectivity index (χ2v) is 9.41. The second kappa shape index (κ2) is 15.0. The van der Waals surface area contributed by atoms with Gasteiger partial charge in [0.05, 0.1) is 5.91 Å². The minimum absolute atomic E-state index is 0.542. The van der Waals surface area contributed by atoms with E-state index in [1.165, 1.54) is 10.8 Å². The monoisotopic (exact) mass is 453 g/mol. The molecule has 3 aromatic carbocycles. The number of halogens is 2. The van der Waals surface area contributed by atoms with Crippen LogP contribution in [-0.4, -0.2) is 15.4 Å². The van der Waals surface area contributed by atoms with Crippen LogP contribution in [0.25, 0.3) is 16.5 Å². The van der Waals surface area contributed by atoms with Gasteiger partial charge >= 0.3 is 35.6 Å². The Bertz CT molecular complexity index is 766. The maximum absolute atomic E-state index is 10.9. The SMILES string of the molecule is C[Si]C.Cc1cc(C)c(C([NH-])=O)c(C)c1.[Cl][Ti][Cl].c1ccc2[cH-]ccc2c1. The van der Waals surface area contributed by atoms with E-state index in [0.717, 1.165) is 26.2 Å². The molecule has 0 aliphatic carbocycles. The molecule has 0 saturated carbocycles. The molecule has 0 aromatic heterocycles. The molecular weight excluding hydrogens is 429 g/mol. The van der Waals surface area contributed by atoms with E-state index < -0.39 is 22.9 Å². The van der Waals surface area contributed by atoms with Gasteiger partial charge in [0.15, 0.2) is 0 Å². The van der Waals surface area contributed by atoms with Crippen LogP contribution in [0.5, 0.6) is 0 Å². The zero-order chi connectivity index (χ0) is 20.8. The quantitative estimate of drug-likeness (QED) is 0.277. The summed E-state index contributed by atoms with van der Waals surface area (Å²) in [4.78, 5) is 10.9. The fourth-order valence-electron chi connectivity index (χ4n) is 2.61. The van der Waals surface area contributed by atoms with E-state index in [-0.39, 0.29) is 0 Å². The Kier molecular flexibility index (Phi) is 14.5. The molecule has 1 amide bonds. The smallest absolute Gasteiger partial charge is 0.0809 e. The average Bonchev–Trinajstić information content (AvgIpc) is 3.04. The molecule has 1 N–H and O–H groups in total. The second-order valence-electron chi connectivity index (χ2n) is 5.83. The van der Waals surface area contributed by atoms with E-state index in [1.54, 1.807) is 0 Å². The fourth-order valence-corrected chi connectivity index (χ4v) is 2.61. The average molecular weight is 454 g/mol. The maximum Gasteiger partial charge on any atom is -0.0809 e. The first kappa shape index (κ1) is 26.0. The molecule has 27 heavy (non-hydrogen) atoms. The topological polar surface area (TPSA) is 40.9 Å². The molecular formula is C21H25Cl2NOSiTi-2. The minimum atomic E-state index is -0.593. The molecule has 2 nitrogen and oxygen atoms in total. The number of rotatable bonds is 1. The third-order valence-corrected chi connectivity index (χ3v) is 3.45. The number of carbonyl (C=O) groups excluding carboxylic acids is 1. The van der Waals surface area contributed by atoms with Crippen LogP contribution in [0.15, 0.2) is 54.6 Å². The predicted octanol–water partition coefficient (Wildman–Crippen LogP) is 7.53. The van der Waals surface area contributed by atoms with E-state index in [2.05, 4.69) is 55.6 Å². The molecule has 3 rings (SSSR count). The summed E-state index contributed by atoms with van der Waals surface area (Å²) in [6.07, 6.45) is 0. The van der Waals surface area contributed by atoms with Crippen molar-refractivity contribution in [1.82, 2.24) is 0 Å². The van der Waals surface area contributed by atoms with Crippen molar-refractivity contribution < 1.29 is 21.8 Å². The van der Waals surface area contributed by atoms with E-state index in [4.69, 9.17) is 24.3 Å². The first-order valence-electron chi connectivity index (χ1n) is 8.31. The molecule has 0 bridgehead atoms. The third kappa shape index (κ3) is 10.2. The summed E-state index contributed by atoms with van der Waals surface area (Å²) in [5, 5.41) is 2.66. The van der Waals surface area contributed by atoms with Gasteiger partial charge in [-0.2, -0.15) is 17.5 Å². The largest absolute Gasteiger partial charge is 0.168 e. The van der Waals surface area contributed by atoms with Crippen LogP contribution in [0.1, 0.15) is 27.0 Å². The maximum atomic E-state index is 10.9. The van der Waals surface area contributed by atoms with E-state index in [1.807, 2.05) is 32.9 Å². The molecule has 6 heteroatoms. The Morgan fingerprint density at radius 2 is 1.52 bits per heavy atom. The van der Waals surface area contributed by atoms with Crippen LogP contribution in [0.4, 0.5) is 0 Å². The number of nitrogens with one attached hydrogen (secondary N) is 1. The van der Waals surface area contributed by atoms with Crippen molar-refractivity contribution in [3.63, 3.8) is 0 Å². The summed E-state index contributed by atoms with van der Waals surface area (Å²) in [6, 6.07) is 18.5. The number of fused-ring (bicyclic) bond motifs is 1. The van der Waals surface area contributed by atoms with Crippen molar-refractivity contribution in [1.29, 1.82) is 0 Å². The Labute approximate surface area is 182 Å². The standard InChI is InChI=1S/C10H13NO.C9H7.C2H6Si.2ClH.Ti/c1-6-4-7(2)9(10(11)12)8(3)5-6;1-2-5-9-7-3-6-8(9)4-1;1-3-2;;;/h4-5H,1-3H3,(H2,11,12);1-7H;1-2H3;2*1H;/q;-1;;;;+2/p-3. The predicted molar refractivity (Wildman–Crippen MR) is 118 cm³/mol. The van der Waals surface area contributed by atoms with Crippen LogP contribution < -0.4 is 0 Å². The van der Waals surface area contributed by atoms with Gasteiger partial charge < -0.3 is 10.5 Å². The molecule has 144 valence electrons. The molecule has 0 aliphatic heterocycles. The van der Waals surface area contributed by atoms with Gasteiger partial charge in [0.25, 0.3) is 0 Å². The number of benzene rings is 2. The number of hydrogen-bond donors (Lipinski definition) is 0. The van der Waals surface area contributed by atoms with Gasteiger partial charge in [-0.1, -0.05) is 36.9 Å². The third-order valence-electron chi connectivity index (χ3n) is 3.45. The molecule has 0 saturated heterocycles. The number of amides is 1. The molecule has 2 radical (unpaired) electrons. The van der Waals surface area contributed by atoms with Crippen molar-refractivity contribution in [2.75, 3.05) is 0 Å². The Hall–Kier alpha value is -0.969. The number of aryl methyl sites for hydroxylation is 3. The summed E-state index contributed by atoms with van der Waals surface area (Å²) < 4.78 is 0. The minimum Gasteiger partial charge on any atom is -0.168 e. The van der Waals surface area contributed by atoms with Crippen molar-refractivity contribution in [3.05, 3.63) is 82.6 Å². The molecule has 0 unspecified atom stereocenters. The number of hydrogen-bond acceptors (Lipinski definition) is 1. The van der Waals surface area contributed by atoms with Crippen molar-refractivity contribution in [2.24, 2.45) is 0 Å². The molecule has 3 aromatic rings. The van der Waals surface area contributed by atoms with Gasteiger partial charge in [-0.3, -0.25) is 0 Å². The summed E-state index contributed by atoms with van der Waals surface area (Å²) in [5.74, 6) is -0.593. The van der Waals surface area contributed by atoms with Crippen LogP contribution in [0.3, 0.4) is 0 Å². The van der Waals surface area contributed by atoms with Crippen LogP contribution in [-0.2, 0) is 17.0 Å². The van der Waals surface area contributed by atoms with E-state index >= 15 is 0 Å². The van der Waals surface area contributed by atoms with Crippen LogP contribution in [0, 0.1) is 20.8 Å². The van der Waals surface area contributed by atoms with Gasteiger partial charge in [0.2, 0.25) is 0 Å². The first-order valence-corrected chi connectivity index (χ1v) is 14.6. The van der Waals surface area contributed by atoms with Crippen molar-refractivity contribution >= 4 is 44.8 Å². The summed E-state index contributed by atoms with van der Waals surface area (Å²) >= 11 is -0.556. The number of carbonyl (C=O) groups is 1. The molecule has 0 aliphatic rings. The summed E-state index contributed by atoms with van der Waals surface area (Å²) in [6.45, 7) is 10.0. The van der Waals surface area contributed by atoms with E-state index in [0.29, 0.717) is 5.56 Å². The Morgan fingerprint density at radius 3 is 1.96 bits per heavy atom. The summed E-state index contributed by atoms with van der Waals surface area (Å²) in [7, 11) is 10.9.